The van der Waals surface area contributed by atoms with Crippen LogP contribution in [0.1, 0.15) is 19.8 Å². The Morgan fingerprint density at radius 1 is 1.73 bits per heavy atom. The maximum Gasteiger partial charge on any atom is 0.232 e. The molecule has 1 fully saturated rings. The molecule has 0 bridgehead atoms. The van der Waals surface area contributed by atoms with Gasteiger partial charge in [-0.2, -0.15) is 12.6 Å². The molecular formula is C8H15NOS. The summed E-state index contributed by atoms with van der Waals surface area (Å²) in [5.74, 6) is 1.21. The van der Waals surface area contributed by atoms with Crippen LogP contribution in [0.4, 0.5) is 0 Å². The zero-order valence-corrected chi connectivity index (χ0v) is 7.81. The Morgan fingerprint density at radius 2 is 2.45 bits per heavy atom. The van der Waals surface area contributed by atoms with Gasteiger partial charge in [-0.25, -0.2) is 0 Å². The number of thiol groups is 1. The van der Waals surface area contributed by atoms with Crippen molar-refractivity contribution in [1.82, 2.24) is 4.90 Å². The van der Waals surface area contributed by atoms with Crippen LogP contribution in [0, 0.1) is 5.92 Å². The molecule has 0 aliphatic carbocycles. The molecular weight excluding hydrogens is 158 g/mol. The van der Waals surface area contributed by atoms with Gasteiger partial charge in [0.15, 0.2) is 0 Å². The van der Waals surface area contributed by atoms with Crippen molar-refractivity contribution in [2.75, 3.05) is 18.8 Å². The summed E-state index contributed by atoms with van der Waals surface area (Å²) >= 11 is 3.96. The average molecular weight is 173 g/mol. The number of carbonyl (C=O) groups is 1. The molecule has 1 aliphatic heterocycles. The minimum Gasteiger partial charge on any atom is -0.342 e. The Balaban J connectivity index is 2.39. The first-order valence-electron chi connectivity index (χ1n) is 4.12. The van der Waals surface area contributed by atoms with Crippen molar-refractivity contribution >= 4 is 18.5 Å². The molecule has 1 saturated heterocycles. The van der Waals surface area contributed by atoms with E-state index in [0.717, 1.165) is 19.5 Å². The van der Waals surface area contributed by atoms with Gasteiger partial charge in [-0.15, -0.1) is 0 Å². The SMILES string of the molecule is CC1CCCN(C(=O)CS)C1. The van der Waals surface area contributed by atoms with Gasteiger partial charge in [-0.05, 0) is 18.8 Å². The monoisotopic (exact) mass is 173 g/mol. The predicted molar refractivity (Wildman–Crippen MR) is 48.8 cm³/mol. The lowest BCUT2D eigenvalue weighted by Crippen LogP contribution is -2.39. The van der Waals surface area contributed by atoms with Crippen molar-refractivity contribution in [3.8, 4) is 0 Å². The smallest absolute Gasteiger partial charge is 0.232 e. The minimum absolute atomic E-state index is 0.180. The van der Waals surface area contributed by atoms with Crippen LogP contribution in [0.3, 0.4) is 0 Å². The van der Waals surface area contributed by atoms with Gasteiger partial charge in [0.2, 0.25) is 5.91 Å². The van der Waals surface area contributed by atoms with Crippen LogP contribution < -0.4 is 0 Å². The van der Waals surface area contributed by atoms with Crippen LogP contribution in [0.25, 0.3) is 0 Å². The van der Waals surface area contributed by atoms with E-state index >= 15 is 0 Å². The molecule has 1 aliphatic rings. The molecule has 1 atom stereocenters. The quantitative estimate of drug-likeness (QED) is 0.590. The van der Waals surface area contributed by atoms with Crippen molar-refractivity contribution in [2.24, 2.45) is 5.92 Å². The predicted octanol–water partition coefficient (Wildman–Crippen LogP) is 1.17. The Labute approximate surface area is 73.4 Å². The lowest BCUT2D eigenvalue weighted by atomic mass is 10.0. The van der Waals surface area contributed by atoms with Gasteiger partial charge in [-0.3, -0.25) is 4.79 Å². The molecule has 3 heteroatoms. The van der Waals surface area contributed by atoms with Gasteiger partial charge >= 0.3 is 0 Å². The molecule has 0 saturated carbocycles. The summed E-state index contributed by atoms with van der Waals surface area (Å²) in [6.07, 6.45) is 2.41. The normalized spacial score (nSPS) is 25.3. The van der Waals surface area contributed by atoms with Crippen molar-refractivity contribution in [3.63, 3.8) is 0 Å². The van der Waals surface area contributed by atoms with Crippen LogP contribution >= 0.6 is 12.6 Å². The summed E-state index contributed by atoms with van der Waals surface area (Å²) in [6, 6.07) is 0. The lowest BCUT2D eigenvalue weighted by molar-refractivity contribution is -0.129. The lowest BCUT2D eigenvalue weighted by Gasteiger charge is -2.30. The average Bonchev–Trinajstić information content (AvgIpc) is 2.03. The molecule has 1 unspecified atom stereocenters. The van der Waals surface area contributed by atoms with E-state index < -0.39 is 0 Å². The highest BCUT2D eigenvalue weighted by Crippen LogP contribution is 2.15. The standard InChI is InChI=1S/C8H15NOS/c1-7-3-2-4-9(5-7)8(10)6-11/h7,11H,2-6H2,1H3. The molecule has 0 spiro atoms. The Kier molecular flexibility index (Phi) is 3.24. The maximum absolute atomic E-state index is 11.2. The highest BCUT2D eigenvalue weighted by Gasteiger charge is 2.19. The summed E-state index contributed by atoms with van der Waals surface area (Å²) in [7, 11) is 0. The summed E-state index contributed by atoms with van der Waals surface area (Å²) in [5.41, 5.74) is 0. The molecule has 11 heavy (non-hydrogen) atoms. The molecule has 1 amide bonds. The molecule has 64 valence electrons. The van der Waals surface area contributed by atoms with E-state index in [4.69, 9.17) is 0 Å². The largest absolute Gasteiger partial charge is 0.342 e. The van der Waals surface area contributed by atoms with Gasteiger partial charge in [0.25, 0.3) is 0 Å². The molecule has 0 N–H and O–H groups in total. The second kappa shape index (κ2) is 4.00. The molecule has 0 radical (unpaired) electrons. The summed E-state index contributed by atoms with van der Waals surface area (Å²) in [4.78, 5) is 13.1. The van der Waals surface area contributed by atoms with Crippen molar-refractivity contribution in [3.05, 3.63) is 0 Å². The van der Waals surface area contributed by atoms with E-state index in [2.05, 4.69) is 19.6 Å². The third-order valence-electron chi connectivity index (χ3n) is 2.14. The number of amides is 1. The molecule has 2 nitrogen and oxygen atoms in total. The number of piperidine rings is 1. The fourth-order valence-corrected chi connectivity index (χ4v) is 1.72. The Morgan fingerprint density at radius 3 is 3.00 bits per heavy atom. The Bertz CT molecular complexity index is 149. The van der Waals surface area contributed by atoms with E-state index in [-0.39, 0.29) is 5.91 Å². The molecule has 0 aromatic heterocycles. The van der Waals surface area contributed by atoms with Gasteiger partial charge in [0, 0.05) is 13.1 Å². The second-order valence-electron chi connectivity index (χ2n) is 3.25. The van der Waals surface area contributed by atoms with Gasteiger partial charge in [0.05, 0.1) is 5.75 Å². The van der Waals surface area contributed by atoms with E-state index in [1.807, 2.05) is 4.90 Å². The van der Waals surface area contributed by atoms with Crippen LogP contribution in [-0.2, 0) is 4.79 Å². The van der Waals surface area contributed by atoms with E-state index in [1.165, 1.54) is 6.42 Å². The third kappa shape index (κ3) is 2.40. The van der Waals surface area contributed by atoms with Crippen LogP contribution in [0.2, 0.25) is 0 Å². The first kappa shape index (κ1) is 8.91. The Hall–Kier alpha value is -0.180. The number of carbonyl (C=O) groups excluding carboxylic acids is 1. The van der Waals surface area contributed by atoms with Crippen LogP contribution in [0.15, 0.2) is 0 Å². The highest BCUT2D eigenvalue weighted by atomic mass is 32.1. The summed E-state index contributed by atoms with van der Waals surface area (Å²) in [5, 5.41) is 0. The topological polar surface area (TPSA) is 20.3 Å². The zero-order valence-electron chi connectivity index (χ0n) is 6.92. The fourth-order valence-electron chi connectivity index (χ4n) is 1.52. The van der Waals surface area contributed by atoms with Crippen molar-refractivity contribution in [2.45, 2.75) is 19.8 Å². The van der Waals surface area contributed by atoms with Crippen molar-refractivity contribution in [1.29, 1.82) is 0 Å². The summed E-state index contributed by atoms with van der Waals surface area (Å²) in [6.45, 7) is 4.06. The maximum atomic E-state index is 11.2. The number of nitrogens with zero attached hydrogens (tertiary/aromatic N) is 1. The second-order valence-corrected chi connectivity index (χ2v) is 3.56. The number of hydrogen-bond donors (Lipinski definition) is 1. The van der Waals surface area contributed by atoms with Gasteiger partial charge in [0.1, 0.15) is 0 Å². The fraction of sp³-hybridized carbons (Fsp3) is 0.875. The van der Waals surface area contributed by atoms with Gasteiger partial charge < -0.3 is 4.90 Å². The molecule has 0 aromatic rings. The highest BCUT2D eigenvalue weighted by molar-refractivity contribution is 7.81. The minimum atomic E-state index is 0.180. The van der Waals surface area contributed by atoms with Crippen LogP contribution in [-0.4, -0.2) is 29.6 Å². The van der Waals surface area contributed by atoms with E-state index in [1.54, 1.807) is 0 Å². The first-order valence-corrected chi connectivity index (χ1v) is 4.76. The van der Waals surface area contributed by atoms with E-state index in [0.29, 0.717) is 11.7 Å². The zero-order chi connectivity index (χ0) is 8.27. The third-order valence-corrected chi connectivity index (χ3v) is 2.42. The van der Waals surface area contributed by atoms with E-state index in [9.17, 15) is 4.79 Å². The van der Waals surface area contributed by atoms with Crippen molar-refractivity contribution < 1.29 is 4.79 Å². The van der Waals surface area contributed by atoms with Gasteiger partial charge in [-0.1, -0.05) is 6.92 Å². The number of likely N-dealkylation sites (tertiary alicyclic amines) is 1. The number of rotatable bonds is 1. The molecule has 1 rings (SSSR count). The van der Waals surface area contributed by atoms with Crippen LogP contribution in [0.5, 0.6) is 0 Å². The summed E-state index contributed by atoms with van der Waals surface area (Å²) < 4.78 is 0. The molecule has 1 heterocycles. The first-order chi connectivity index (χ1) is 5.24. The number of hydrogen-bond acceptors (Lipinski definition) is 2. The molecule has 0 aromatic carbocycles.